The van der Waals surface area contributed by atoms with Gasteiger partial charge in [0.1, 0.15) is 5.02 Å². The van der Waals surface area contributed by atoms with Gasteiger partial charge >= 0.3 is 0 Å². The van der Waals surface area contributed by atoms with E-state index in [0.717, 1.165) is 11.2 Å². The van der Waals surface area contributed by atoms with Crippen molar-refractivity contribution >= 4 is 33.2 Å². The van der Waals surface area contributed by atoms with Gasteiger partial charge in [0.15, 0.2) is 0 Å². The maximum Gasteiger partial charge on any atom is 0.291 e. The maximum absolute atomic E-state index is 12.1. The summed E-state index contributed by atoms with van der Waals surface area (Å²) in [5.74, 6) is 0. The average molecular weight is 391 g/mol. The fourth-order valence-corrected chi connectivity index (χ4v) is 3.18. The smallest absolute Gasteiger partial charge is 0.291 e. The van der Waals surface area contributed by atoms with Crippen molar-refractivity contribution in [2.24, 2.45) is 0 Å². The van der Waals surface area contributed by atoms with Crippen LogP contribution < -0.4 is 15.6 Å². The van der Waals surface area contributed by atoms with Crippen LogP contribution in [-0.4, -0.2) is 37.8 Å². The second kappa shape index (κ2) is 8.09. The predicted molar refractivity (Wildman–Crippen MR) is 93.6 cm³/mol. The minimum Gasteiger partial charge on any atom is -0.316 e. The lowest BCUT2D eigenvalue weighted by atomic mass is 10.3. The van der Waals surface area contributed by atoms with Crippen LogP contribution in [0.2, 0.25) is 10.0 Å². The number of sulfonamides is 1. The van der Waals surface area contributed by atoms with Crippen LogP contribution in [0.25, 0.3) is 5.69 Å². The molecule has 0 bridgehead atoms. The van der Waals surface area contributed by atoms with Crippen LogP contribution in [0.5, 0.6) is 0 Å². The summed E-state index contributed by atoms with van der Waals surface area (Å²) in [6.45, 7) is 3.52. The van der Waals surface area contributed by atoms with Crippen molar-refractivity contribution in [2.45, 2.75) is 11.8 Å². The van der Waals surface area contributed by atoms with E-state index in [-0.39, 0.29) is 21.5 Å². The summed E-state index contributed by atoms with van der Waals surface area (Å²) in [6.07, 6.45) is 1.25. The summed E-state index contributed by atoms with van der Waals surface area (Å²) >= 11 is 11.5. The first-order chi connectivity index (χ1) is 11.4. The van der Waals surface area contributed by atoms with Crippen molar-refractivity contribution in [3.63, 3.8) is 0 Å². The normalized spacial score (nSPS) is 11.6. The molecule has 2 aromatic rings. The molecule has 7 nitrogen and oxygen atoms in total. The number of hydrogen-bond donors (Lipinski definition) is 2. The first kappa shape index (κ1) is 18.9. The summed E-state index contributed by atoms with van der Waals surface area (Å²) in [6, 6.07) is 5.72. The molecule has 0 fully saturated rings. The quantitative estimate of drug-likeness (QED) is 0.697. The number of hydrogen-bond acceptors (Lipinski definition) is 5. The zero-order valence-electron chi connectivity index (χ0n) is 12.8. The topological polar surface area (TPSA) is 93.1 Å². The second-order valence-corrected chi connectivity index (χ2v) is 7.32. The molecule has 0 radical (unpaired) electrons. The highest BCUT2D eigenvalue weighted by molar-refractivity contribution is 7.89. The number of nitrogens with zero attached hydrogens (tertiary/aromatic N) is 2. The Balaban J connectivity index is 2.22. The van der Waals surface area contributed by atoms with Crippen LogP contribution in [0.15, 0.2) is 40.2 Å². The molecule has 0 amide bonds. The van der Waals surface area contributed by atoms with Gasteiger partial charge in [-0.1, -0.05) is 30.1 Å². The van der Waals surface area contributed by atoms with Crippen molar-refractivity contribution < 1.29 is 8.42 Å². The number of halogens is 2. The molecule has 24 heavy (non-hydrogen) atoms. The number of nitrogens with one attached hydrogen (secondary N) is 2. The fourth-order valence-electron chi connectivity index (χ4n) is 1.90. The highest BCUT2D eigenvalue weighted by Crippen LogP contribution is 2.17. The number of rotatable bonds is 7. The minimum absolute atomic E-state index is 0.0574. The van der Waals surface area contributed by atoms with E-state index in [1.165, 1.54) is 30.5 Å². The zero-order chi connectivity index (χ0) is 17.7. The van der Waals surface area contributed by atoms with Crippen molar-refractivity contribution in [3.05, 3.63) is 50.9 Å². The lowest BCUT2D eigenvalue weighted by molar-refractivity contribution is 0.577. The zero-order valence-corrected chi connectivity index (χ0v) is 15.1. The van der Waals surface area contributed by atoms with Gasteiger partial charge in [-0.3, -0.25) is 4.79 Å². The summed E-state index contributed by atoms with van der Waals surface area (Å²) in [5.41, 5.74) is -0.200. The number of benzene rings is 1. The molecule has 0 aliphatic rings. The van der Waals surface area contributed by atoms with E-state index in [1.807, 2.05) is 6.92 Å². The van der Waals surface area contributed by atoms with Gasteiger partial charge in [0.25, 0.3) is 5.56 Å². The Morgan fingerprint density at radius 2 is 1.83 bits per heavy atom. The average Bonchev–Trinajstić information content (AvgIpc) is 2.57. The van der Waals surface area contributed by atoms with Crippen molar-refractivity contribution in [3.8, 4) is 5.69 Å². The molecule has 0 unspecified atom stereocenters. The van der Waals surface area contributed by atoms with Crippen LogP contribution in [0.3, 0.4) is 0 Å². The molecule has 2 N–H and O–H groups in total. The van der Waals surface area contributed by atoms with E-state index >= 15 is 0 Å². The SMILES string of the molecule is CCNCCNS(=O)(=O)c1ccc(-n2ncc(Cl)c(Cl)c2=O)cc1. The molecule has 10 heteroatoms. The van der Waals surface area contributed by atoms with Crippen molar-refractivity contribution in [1.82, 2.24) is 19.8 Å². The van der Waals surface area contributed by atoms with Crippen LogP contribution in [0.1, 0.15) is 6.92 Å². The van der Waals surface area contributed by atoms with Crippen LogP contribution in [0.4, 0.5) is 0 Å². The van der Waals surface area contributed by atoms with Crippen LogP contribution in [0, 0.1) is 0 Å². The monoisotopic (exact) mass is 390 g/mol. The Labute approximate surface area is 149 Å². The van der Waals surface area contributed by atoms with Gasteiger partial charge in [-0.2, -0.15) is 9.78 Å². The Kier molecular flexibility index (Phi) is 6.36. The standard InChI is InChI=1S/C14H16Cl2N4O3S/c1-2-17-7-8-19-24(22,23)11-5-3-10(4-6-11)20-14(21)13(16)12(15)9-18-20/h3-6,9,17,19H,2,7-8H2,1H3. The van der Waals surface area contributed by atoms with Crippen molar-refractivity contribution in [2.75, 3.05) is 19.6 Å². The molecule has 0 saturated heterocycles. The third-order valence-corrected chi connectivity index (χ3v) is 5.34. The van der Waals surface area contributed by atoms with Gasteiger partial charge in [0.2, 0.25) is 10.0 Å². The number of aromatic nitrogens is 2. The van der Waals surface area contributed by atoms with Gasteiger partial charge in [-0.25, -0.2) is 13.1 Å². The maximum atomic E-state index is 12.1. The first-order valence-corrected chi connectivity index (χ1v) is 9.35. The molecule has 1 heterocycles. The molecule has 0 saturated carbocycles. The Bertz CT molecular complexity index is 867. The van der Waals surface area contributed by atoms with Gasteiger partial charge in [0, 0.05) is 13.1 Å². The van der Waals surface area contributed by atoms with E-state index in [4.69, 9.17) is 23.2 Å². The Hall–Kier alpha value is -1.45. The summed E-state index contributed by atoms with van der Waals surface area (Å²) in [4.78, 5) is 12.1. The van der Waals surface area contributed by atoms with E-state index < -0.39 is 15.6 Å². The van der Waals surface area contributed by atoms with Crippen LogP contribution >= 0.6 is 23.2 Å². The molecule has 2 rings (SSSR count). The highest BCUT2D eigenvalue weighted by atomic mass is 35.5. The summed E-state index contributed by atoms with van der Waals surface area (Å²) in [5, 5.41) is 6.82. The molecule has 1 aromatic carbocycles. The predicted octanol–water partition coefficient (Wildman–Crippen LogP) is 1.43. The third-order valence-electron chi connectivity index (χ3n) is 3.11. The lowest BCUT2D eigenvalue weighted by Gasteiger charge is -2.09. The van der Waals surface area contributed by atoms with Gasteiger partial charge < -0.3 is 5.32 Å². The molecular weight excluding hydrogens is 375 g/mol. The Morgan fingerprint density at radius 1 is 1.17 bits per heavy atom. The molecular formula is C14H16Cl2N4O3S. The number of likely N-dealkylation sites (N-methyl/N-ethyl adjacent to an activating group) is 1. The second-order valence-electron chi connectivity index (χ2n) is 4.77. The fraction of sp³-hybridized carbons (Fsp3) is 0.286. The van der Waals surface area contributed by atoms with Crippen molar-refractivity contribution in [1.29, 1.82) is 0 Å². The molecule has 0 aliphatic heterocycles. The largest absolute Gasteiger partial charge is 0.316 e. The van der Waals surface area contributed by atoms with E-state index in [9.17, 15) is 13.2 Å². The molecule has 1 aromatic heterocycles. The molecule has 0 atom stereocenters. The molecule has 0 spiro atoms. The van der Waals surface area contributed by atoms with Gasteiger partial charge in [0.05, 0.1) is 21.8 Å². The lowest BCUT2D eigenvalue weighted by Crippen LogP contribution is -2.31. The highest BCUT2D eigenvalue weighted by Gasteiger charge is 2.14. The van der Waals surface area contributed by atoms with E-state index in [2.05, 4.69) is 15.1 Å². The molecule has 0 aliphatic carbocycles. The first-order valence-electron chi connectivity index (χ1n) is 7.11. The summed E-state index contributed by atoms with van der Waals surface area (Å²) < 4.78 is 27.8. The minimum atomic E-state index is -3.61. The van der Waals surface area contributed by atoms with E-state index in [1.54, 1.807) is 0 Å². The van der Waals surface area contributed by atoms with Gasteiger partial charge in [-0.15, -0.1) is 0 Å². The van der Waals surface area contributed by atoms with Gasteiger partial charge in [-0.05, 0) is 30.8 Å². The third kappa shape index (κ3) is 4.34. The van der Waals surface area contributed by atoms with E-state index in [0.29, 0.717) is 12.2 Å². The van der Waals surface area contributed by atoms with Crippen LogP contribution in [-0.2, 0) is 10.0 Å². The Morgan fingerprint density at radius 3 is 2.46 bits per heavy atom. The summed E-state index contributed by atoms with van der Waals surface area (Å²) in [7, 11) is -3.61. The molecule has 130 valence electrons.